The average molecular weight is 355 g/mol. The summed E-state index contributed by atoms with van der Waals surface area (Å²) in [4.78, 5) is 14.7. The summed E-state index contributed by atoms with van der Waals surface area (Å²) in [5, 5.41) is 20.0. The molecule has 0 saturated carbocycles. The van der Waals surface area contributed by atoms with Crippen LogP contribution in [0.2, 0.25) is 0 Å². The molecule has 0 radical (unpaired) electrons. The van der Waals surface area contributed by atoms with Gasteiger partial charge in [0.05, 0.1) is 6.21 Å². The zero-order valence-electron chi connectivity index (χ0n) is 12.9. The highest BCUT2D eigenvalue weighted by Crippen LogP contribution is 2.18. The quantitative estimate of drug-likeness (QED) is 0.519. The zero-order valence-corrected chi connectivity index (χ0v) is 13.7. The minimum atomic E-state index is -1.05. The lowest BCUT2D eigenvalue weighted by Gasteiger charge is -2.06. The first-order chi connectivity index (χ1) is 12.1. The van der Waals surface area contributed by atoms with Crippen molar-refractivity contribution in [1.29, 1.82) is 0 Å². The summed E-state index contributed by atoms with van der Waals surface area (Å²) in [5.41, 5.74) is 1.42. The Balaban J connectivity index is 1.93. The van der Waals surface area contributed by atoms with Gasteiger partial charge in [0.25, 0.3) is 0 Å². The van der Waals surface area contributed by atoms with Gasteiger partial charge in [-0.05, 0) is 36.5 Å². The predicted octanol–water partition coefficient (Wildman–Crippen LogP) is 2.35. The molecule has 0 fully saturated rings. The van der Waals surface area contributed by atoms with E-state index in [-0.39, 0.29) is 0 Å². The van der Waals surface area contributed by atoms with Crippen LogP contribution in [0.3, 0.4) is 0 Å². The number of carboxylic acids is 1. The van der Waals surface area contributed by atoms with Gasteiger partial charge in [0.2, 0.25) is 4.77 Å². The Kier molecular flexibility index (Phi) is 4.95. The molecule has 9 heteroatoms. The topological polar surface area (TPSA) is 105 Å². The number of ether oxygens (including phenoxy) is 1. The number of pyridine rings is 1. The van der Waals surface area contributed by atoms with Crippen LogP contribution in [0.1, 0.15) is 5.56 Å². The van der Waals surface area contributed by atoms with Crippen molar-refractivity contribution in [2.75, 3.05) is 6.61 Å². The highest BCUT2D eigenvalue weighted by molar-refractivity contribution is 7.71. The highest BCUT2D eigenvalue weighted by atomic mass is 32.1. The van der Waals surface area contributed by atoms with Crippen LogP contribution in [0.25, 0.3) is 11.4 Å². The number of benzene rings is 1. The molecule has 0 aliphatic carbocycles. The van der Waals surface area contributed by atoms with Gasteiger partial charge in [0, 0.05) is 23.5 Å². The minimum absolute atomic E-state index is 0.326. The summed E-state index contributed by atoms with van der Waals surface area (Å²) in [6.45, 7) is -0.432. The lowest BCUT2D eigenvalue weighted by Crippen LogP contribution is -2.10. The first kappa shape index (κ1) is 16.5. The van der Waals surface area contributed by atoms with Crippen molar-refractivity contribution in [3.8, 4) is 17.1 Å². The van der Waals surface area contributed by atoms with E-state index in [0.29, 0.717) is 21.9 Å². The molecule has 3 aromatic rings. The Morgan fingerprint density at radius 1 is 1.32 bits per heavy atom. The molecule has 2 aromatic heterocycles. The number of aromatic nitrogens is 4. The summed E-state index contributed by atoms with van der Waals surface area (Å²) in [5.74, 6) is -0.106. The van der Waals surface area contributed by atoms with E-state index >= 15 is 0 Å². The number of H-pyrrole nitrogens is 1. The van der Waals surface area contributed by atoms with Gasteiger partial charge in [0.15, 0.2) is 12.4 Å². The number of aromatic amines is 1. The lowest BCUT2D eigenvalue weighted by molar-refractivity contribution is -0.139. The molecule has 0 saturated heterocycles. The van der Waals surface area contributed by atoms with Gasteiger partial charge in [-0.15, -0.1) is 0 Å². The van der Waals surface area contributed by atoms with Crippen LogP contribution in [0.5, 0.6) is 5.75 Å². The molecule has 2 heterocycles. The van der Waals surface area contributed by atoms with Gasteiger partial charge in [-0.3, -0.25) is 4.98 Å². The van der Waals surface area contributed by atoms with Crippen LogP contribution >= 0.6 is 12.2 Å². The van der Waals surface area contributed by atoms with Crippen molar-refractivity contribution >= 4 is 24.4 Å². The number of hydrogen-bond donors (Lipinski definition) is 2. The van der Waals surface area contributed by atoms with Crippen molar-refractivity contribution in [1.82, 2.24) is 19.9 Å². The number of rotatable bonds is 6. The molecule has 2 N–H and O–H groups in total. The molecular formula is C16H13N5O3S. The van der Waals surface area contributed by atoms with Gasteiger partial charge in [0.1, 0.15) is 5.75 Å². The van der Waals surface area contributed by atoms with E-state index in [1.54, 1.807) is 48.8 Å². The van der Waals surface area contributed by atoms with Crippen molar-refractivity contribution in [2.45, 2.75) is 0 Å². The second-order valence-electron chi connectivity index (χ2n) is 4.86. The Morgan fingerprint density at radius 2 is 2.08 bits per heavy atom. The zero-order chi connectivity index (χ0) is 17.6. The van der Waals surface area contributed by atoms with Gasteiger partial charge in [-0.2, -0.15) is 14.9 Å². The first-order valence-electron chi connectivity index (χ1n) is 7.21. The number of carbonyl (C=O) groups is 1. The number of para-hydroxylation sites is 1. The molecule has 3 rings (SSSR count). The Morgan fingerprint density at radius 3 is 2.84 bits per heavy atom. The normalized spacial score (nSPS) is 10.9. The van der Waals surface area contributed by atoms with E-state index in [1.807, 2.05) is 0 Å². The molecule has 8 nitrogen and oxygen atoms in total. The fourth-order valence-corrected chi connectivity index (χ4v) is 2.24. The van der Waals surface area contributed by atoms with Gasteiger partial charge >= 0.3 is 5.97 Å². The molecule has 0 aliphatic heterocycles. The molecule has 0 bridgehead atoms. The van der Waals surface area contributed by atoms with E-state index in [9.17, 15) is 4.79 Å². The highest BCUT2D eigenvalue weighted by Gasteiger charge is 2.08. The van der Waals surface area contributed by atoms with Crippen LogP contribution < -0.4 is 4.74 Å². The predicted molar refractivity (Wildman–Crippen MR) is 93.2 cm³/mol. The van der Waals surface area contributed by atoms with E-state index in [0.717, 1.165) is 5.56 Å². The van der Waals surface area contributed by atoms with Gasteiger partial charge in [-0.1, -0.05) is 12.1 Å². The molecule has 25 heavy (non-hydrogen) atoms. The van der Waals surface area contributed by atoms with Crippen molar-refractivity contribution < 1.29 is 14.6 Å². The number of hydrogen-bond acceptors (Lipinski definition) is 6. The average Bonchev–Trinajstić information content (AvgIpc) is 3.00. The van der Waals surface area contributed by atoms with Crippen LogP contribution in [0, 0.1) is 4.77 Å². The first-order valence-corrected chi connectivity index (χ1v) is 7.62. The summed E-state index contributed by atoms with van der Waals surface area (Å²) in [6.07, 6.45) is 4.83. The molecule has 0 unspecified atom stereocenters. The SMILES string of the molecule is O=C(O)COc1ccccc1/C=N/n1c(-c2ccncc2)n[nH]c1=S. The summed E-state index contributed by atoms with van der Waals surface area (Å²) < 4.78 is 7.05. The van der Waals surface area contributed by atoms with Gasteiger partial charge in [-0.25, -0.2) is 9.89 Å². The second-order valence-corrected chi connectivity index (χ2v) is 5.25. The third kappa shape index (κ3) is 3.96. The van der Waals surface area contributed by atoms with Crippen molar-refractivity contribution in [2.24, 2.45) is 5.10 Å². The molecule has 0 atom stereocenters. The number of aliphatic carboxylic acids is 1. The largest absolute Gasteiger partial charge is 0.481 e. The Labute approximate surface area is 147 Å². The number of carboxylic acid groups (broad SMARTS) is 1. The lowest BCUT2D eigenvalue weighted by atomic mass is 10.2. The van der Waals surface area contributed by atoms with Crippen LogP contribution in [0.15, 0.2) is 53.9 Å². The number of nitrogens with zero attached hydrogens (tertiary/aromatic N) is 4. The maximum Gasteiger partial charge on any atom is 0.341 e. The van der Waals surface area contributed by atoms with Gasteiger partial charge < -0.3 is 9.84 Å². The fraction of sp³-hybridized carbons (Fsp3) is 0.0625. The smallest absolute Gasteiger partial charge is 0.341 e. The van der Waals surface area contributed by atoms with E-state index in [1.165, 1.54) is 10.9 Å². The molecular weight excluding hydrogens is 342 g/mol. The Bertz CT molecular complexity index is 965. The summed E-state index contributed by atoms with van der Waals surface area (Å²) >= 11 is 5.21. The standard InChI is InChI=1S/C16H13N5O3S/c22-14(23)10-24-13-4-2-1-3-12(13)9-18-21-15(19-20-16(21)25)11-5-7-17-8-6-11/h1-9H,10H2,(H,20,25)(H,22,23)/b18-9+. The maximum atomic E-state index is 10.7. The number of nitrogens with one attached hydrogen (secondary N) is 1. The molecule has 126 valence electrons. The molecule has 0 spiro atoms. The fourth-order valence-electron chi connectivity index (χ4n) is 2.06. The third-order valence-corrected chi connectivity index (χ3v) is 3.44. The Hall–Kier alpha value is -3.33. The van der Waals surface area contributed by atoms with Crippen LogP contribution in [-0.2, 0) is 4.79 Å². The van der Waals surface area contributed by atoms with Crippen LogP contribution in [0.4, 0.5) is 0 Å². The maximum absolute atomic E-state index is 10.7. The monoisotopic (exact) mass is 355 g/mol. The van der Waals surface area contributed by atoms with Crippen molar-refractivity contribution in [3.63, 3.8) is 0 Å². The molecule has 1 aromatic carbocycles. The second kappa shape index (κ2) is 7.49. The third-order valence-electron chi connectivity index (χ3n) is 3.17. The van der Waals surface area contributed by atoms with Crippen LogP contribution in [-0.4, -0.2) is 43.8 Å². The van der Waals surface area contributed by atoms with E-state index in [4.69, 9.17) is 22.1 Å². The minimum Gasteiger partial charge on any atom is -0.481 e. The summed E-state index contributed by atoms with van der Waals surface area (Å²) in [6, 6.07) is 10.6. The van der Waals surface area contributed by atoms with E-state index in [2.05, 4.69) is 20.3 Å². The van der Waals surface area contributed by atoms with Crippen molar-refractivity contribution in [3.05, 3.63) is 59.1 Å². The molecule has 0 amide bonds. The molecule has 0 aliphatic rings. The summed E-state index contributed by atoms with van der Waals surface area (Å²) in [7, 11) is 0. The van der Waals surface area contributed by atoms with E-state index < -0.39 is 12.6 Å².